The lowest BCUT2D eigenvalue weighted by atomic mass is 9.76. The number of nitrogens with one attached hydrogen (secondary N) is 1. The van der Waals surface area contributed by atoms with Crippen molar-refractivity contribution >= 4 is 11.6 Å². The summed E-state index contributed by atoms with van der Waals surface area (Å²) in [6, 6.07) is 8.20. The number of benzene rings is 1. The summed E-state index contributed by atoms with van der Waals surface area (Å²) in [5.41, 5.74) is 7.88. The highest BCUT2D eigenvalue weighted by Gasteiger charge is 2.37. The van der Waals surface area contributed by atoms with Crippen LogP contribution in [-0.4, -0.2) is 25.5 Å². The van der Waals surface area contributed by atoms with Crippen LogP contribution in [0.4, 0.5) is 5.69 Å². The van der Waals surface area contributed by atoms with E-state index < -0.39 is 5.54 Å². The lowest BCUT2D eigenvalue weighted by Gasteiger charge is -2.35. The van der Waals surface area contributed by atoms with Gasteiger partial charge in [-0.15, -0.1) is 0 Å². The van der Waals surface area contributed by atoms with Crippen LogP contribution in [0, 0.1) is 5.92 Å². The maximum Gasteiger partial charge on any atom is 0.240 e. The summed E-state index contributed by atoms with van der Waals surface area (Å²) in [4.78, 5) is 14.4. The maximum atomic E-state index is 12.4. The number of carbonyl (C=O) groups excluding carboxylic acids is 1. The molecular formula is C17H27N3O. The fourth-order valence-electron chi connectivity index (χ4n) is 3.07. The van der Waals surface area contributed by atoms with Crippen LogP contribution >= 0.6 is 0 Å². The molecule has 0 aromatic heterocycles. The van der Waals surface area contributed by atoms with E-state index in [2.05, 4.69) is 29.3 Å². The molecule has 0 radical (unpaired) electrons. The van der Waals surface area contributed by atoms with Crippen molar-refractivity contribution in [2.45, 2.75) is 44.7 Å². The summed E-state index contributed by atoms with van der Waals surface area (Å²) >= 11 is 0. The topological polar surface area (TPSA) is 58.4 Å². The highest BCUT2D eigenvalue weighted by atomic mass is 16.2. The monoisotopic (exact) mass is 289 g/mol. The first kappa shape index (κ1) is 15.8. The molecule has 116 valence electrons. The van der Waals surface area contributed by atoms with Crippen LogP contribution in [-0.2, 0) is 11.3 Å². The van der Waals surface area contributed by atoms with E-state index in [1.54, 1.807) is 0 Å². The van der Waals surface area contributed by atoms with Crippen LogP contribution in [0.15, 0.2) is 24.3 Å². The number of amides is 1. The summed E-state index contributed by atoms with van der Waals surface area (Å²) < 4.78 is 0. The van der Waals surface area contributed by atoms with Gasteiger partial charge in [0.05, 0.1) is 5.54 Å². The largest absolute Gasteiger partial charge is 0.378 e. The Morgan fingerprint density at radius 2 is 2.05 bits per heavy atom. The Bertz CT molecular complexity index is 483. The molecule has 2 unspecified atom stereocenters. The quantitative estimate of drug-likeness (QED) is 0.894. The average molecular weight is 289 g/mol. The molecule has 1 aromatic rings. The van der Waals surface area contributed by atoms with Gasteiger partial charge in [0.2, 0.25) is 5.91 Å². The Balaban J connectivity index is 1.91. The van der Waals surface area contributed by atoms with Crippen LogP contribution in [0.2, 0.25) is 0 Å². The number of rotatable bonds is 4. The van der Waals surface area contributed by atoms with Gasteiger partial charge in [-0.3, -0.25) is 4.79 Å². The van der Waals surface area contributed by atoms with Gasteiger partial charge in [-0.25, -0.2) is 0 Å². The molecule has 4 heteroatoms. The van der Waals surface area contributed by atoms with Gasteiger partial charge < -0.3 is 16.0 Å². The fraction of sp³-hybridized carbons (Fsp3) is 0.588. The molecule has 2 atom stereocenters. The second-order valence-electron chi connectivity index (χ2n) is 6.60. The summed E-state index contributed by atoms with van der Waals surface area (Å²) in [6.45, 7) is 2.72. The molecule has 1 fully saturated rings. The summed E-state index contributed by atoms with van der Waals surface area (Å²) in [7, 11) is 4.03. The standard InChI is InChI=1S/C17H27N3O/c1-13-5-4-10-17(18,11-13)16(21)19-12-14-6-8-15(9-7-14)20(2)3/h6-9,13H,4-5,10-12,18H2,1-3H3,(H,19,21). The van der Waals surface area contributed by atoms with Gasteiger partial charge in [0.1, 0.15) is 0 Å². The Morgan fingerprint density at radius 1 is 1.38 bits per heavy atom. The van der Waals surface area contributed by atoms with Crippen molar-refractivity contribution in [3.63, 3.8) is 0 Å². The van der Waals surface area contributed by atoms with E-state index in [1.165, 1.54) is 6.42 Å². The zero-order valence-electron chi connectivity index (χ0n) is 13.4. The van der Waals surface area contributed by atoms with Gasteiger partial charge in [0.15, 0.2) is 0 Å². The SMILES string of the molecule is CC1CCCC(N)(C(=O)NCc2ccc(N(C)C)cc2)C1. The first-order valence-electron chi connectivity index (χ1n) is 7.74. The smallest absolute Gasteiger partial charge is 0.240 e. The zero-order valence-corrected chi connectivity index (χ0v) is 13.4. The van der Waals surface area contributed by atoms with Gasteiger partial charge in [-0.1, -0.05) is 31.9 Å². The minimum atomic E-state index is -0.679. The number of carbonyl (C=O) groups is 1. The first-order chi connectivity index (χ1) is 9.90. The van der Waals surface area contributed by atoms with Gasteiger partial charge in [0.25, 0.3) is 0 Å². The Morgan fingerprint density at radius 3 is 2.62 bits per heavy atom. The molecule has 0 saturated heterocycles. The molecule has 2 rings (SSSR count). The van der Waals surface area contributed by atoms with Crippen molar-refractivity contribution in [3.8, 4) is 0 Å². The molecule has 1 aromatic carbocycles. The summed E-state index contributed by atoms with van der Waals surface area (Å²) in [6.07, 6.45) is 3.81. The van der Waals surface area contributed by atoms with Gasteiger partial charge in [-0.2, -0.15) is 0 Å². The van der Waals surface area contributed by atoms with Gasteiger partial charge in [0, 0.05) is 26.3 Å². The van der Waals surface area contributed by atoms with E-state index in [4.69, 9.17) is 5.73 Å². The van der Waals surface area contributed by atoms with Gasteiger partial charge in [-0.05, 0) is 36.5 Å². The second-order valence-corrected chi connectivity index (χ2v) is 6.60. The Hall–Kier alpha value is -1.55. The van der Waals surface area contributed by atoms with Crippen LogP contribution in [0.25, 0.3) is 0 Å². The lowest BCUT2D eigenvalue weighted by molar-refractivity contribution is -0.128. The maximum absolute atomic E-state index is 12.4. The second kappa shape index (κ2) is 6.48. The molecule has 0 heterocycles. The third-order valence-corrected chi connectivity index (χ3v) is 4.39. The van der Waals surface area contributed by atoms with E-state index in [0.717, 1.165) is 30.5 Å². The molecule has 21 heavy (non-hydrogen) atoms. The normalized spacial score (nSPS) is 25.4. The van der Waals surface area contributed by atoms with Crippen molar-refractivity contribution in [2.75, 3.05) is 19.0 Å². The number of hydrogen-bond donors (Lipinski definition) is 2. The van der Waals surface area contributed by atoms with Crippen LogP contribution < -0.4 is 16.0 Å². The highest BCUT2D eigenvalue weighted by molar-refractivity contribution is 5.86. The van der Waals surface area contributed by atoms with Crippen molar-refractivity contribution in [1.82, 2.24) is 5.32 Å². The minimum absolute atomic E-state index is 0.00858. The predicted molar refractivity (Wildman–Crippen MR) is 87.2 cm³/mol. The lowest BCUT2D eigenvalue weighted by Crippen LogP contribution is -2.56. The fourth-order valence-corrected chi connectivity index (χ4v) is 3.07. The molecule has 0 spiro atoms. The van der Waals surface area contributed by atoms with Crippen molar-refractivity contribution in [3.05, 3.63) is 29.8 Å². The van der Waals surface area contributed by atoms with Gasteiger partial charge >= 0.3 is 0 Å². The van der Waals surface area contributed by atoms with Crippen molar-refractivity contribution in [1.29, 1.82) is 0 Å². The average Bonchev–Trinajstić information content (AvgIpc) is 2.44. The highest BCUT2D eigenvalue weighted by Crippen LogP contribution is 2.30. The number of hydrogen-bond acceptors (Lipinski definition) is 3. The summed E-state index contributed by atoms with van der Waals surface area (Å²) in [5.74, 6) is 0.527. The van der Waals surface area contributed by atoms with E-state index in [9.17, 15) is 4.79 Å². The predicted octanol–water partition coefficient (Wildman–Crippen LogP) is 2.28. The number of nitrogens with two attached hydrogens (primary N) is 1. The van der Waals surface area contributed by atoms with Crippen molar-refractivity contribution in [2.24, 2.45) is 11.7 Å². The van der Waals surface area contributed by atoms with E-state index in [0.29, 0.717) is 12.5 Å². The molecule has 1 amide bonds. The zero-order chi connectivity index (χ0) is 15.5. The third kappa shape index (κ3) is 3.97. The Kier molecular flexibility index (Phi) is 4.88. The summed E-state index contributed by atoms with van der Waals surface area (Å²) in [5, 5.41) is 3.00. The Labute approximate surface area is 127 Å². The van der Waals surface area contributed by atoms with Crippen LogP contribution in [0.1, 0.15) is 38.2 Å². The molecule has 0 aliphatic heterocycles. The van der Waals surface area contributed by atoms with E-state index in [-0.39, 0.29) is 5.91 Å². The van der Waals surface area contributed by atoms with Crippen LogP contribution in [0.3, 0.4) is 0 Å². The van der Waals surface area contributed by atoms with Crippen LogP contribution in [0.5, 0.6) is 0 Å². The number of nitrogens with zero attached hydrogens (tertiary/aromatic N) is 1. The van der Waals surface area contributed by atoms with E-state index >= 15 is 0 Å². The molecule has 1 saturated carbocycles. The molecule has 4 nitrogen and oxygen atoms in total. The molecule has 1 aliphatic carbocycles. The van der Waals surface area contributed by atoms with E-state index in [1.807, 2.05) is 26.2 Å². The van der Waals surface area contributed by atoms with Crippen molar-refractivity contribution < 1.29 is 4.79 Å². The number of anilines is 1. The third-order valence-electron chi connectivity index (χ3n) is 4.39. The molecular weight excluding hydrogens is 262 g/mol. The molecule has 0 bridgehead atoms. The first-order valence-corrected chi connectivity index (χ1v) is 7.74. The molecule has 3 N–H and O–H groups in total. The molecule has 1 aliphatic rings. The minimum Gasteiger partial charge on any atom is -0.378 e.